The Morgan fingerprint density at radius 3 is 2.50 bits per heavy atom. The van der Waals surface area contributed by atoms with Crippen LogP contribution < -0.4 is 5.32 Å². The normalized spacial score (nSPS) is 18.2. The molecule has 0 atom stereocenters. The van der Waals surface area contributed by atoms with Crippen molar-refractivity contribution in [3.8, 4) is 0 Å². The van der Waals surface area contributed by atoms with Gasteiger partial charge in [-0.25, -0.2) is 9.97 Å². The molecule has 0 bridgehead atoms. The molecule has 0 radical (unpaired) electrons. The quantitative estimate of drug-likeness (QED) is 0.888. The highest BCUT2D eigenvalue weighted by atomic mass is 16.5. The summed E-state index contributed by atoms with van der Waals surface area (Å²) in [5, 5.41) is 3.15. The summed E-state index contributed by atoms with van der Waals surface area (Å²) in [5.74, 6) is 2.16. The Bertz CT molecular complexity index is 434. The molecule has 2 rings (SSSR count). The fourth-order valence-corrected chi connectivity index (χ4v) is 2.93. The van der Waals surface area contributed by atoms with E-state index in [0.717, 1.165) is 30.2 Å². The number of rotatable bonds is 5. The van der Waals surface area contributed by atoms with Crippen LogP contribution in [0, 0.1) is 0 Å². The Labute approximate surface area is 122 Å². The standard InChI is InChI=1S/C16H27N3O/c1-5-20-16(9-7-6-8-10-16)15-18-13(12(2)3)11-14(17-4)19-15/h11-12H,5-10H2,1-4H3,(H,17,18,19). The fraction of sp³-hybridized carbons (Fsp3) is 0.750. The van der Waals surface area contributed by atoms with Crippen LogP contribution in [0.25, 0.3) is 0 Å². The average molecular weight is 277 g/mol. The van der Waals surface area contributed by atoms with Crippen LogP contribution in [0.2, 0.25) is 0 Å². The largest absolute Gasteiger partial charge is 0.373 e. The first-order valence-corrected chi connectivity index (χ1v) is 7.82. The molecule has 0 saturated heterocycles. The summed E-state index contributed by atoms with van der Waals surface area (Å²) in [5.41, 5.74) is 0.813. The van der Waals surface area contributed by atoms with Crippen molar-refractivity contribution in [2.45, 2.75) is 64.4 Å². The molecule has 1 saturated carbocycles. The predicted molar refractivity (Wildman–Crippen MR) is 82.1 cm³/mol. The molecule has 1 N–H and O–H groups in total. The van der Waals surface area contributed by atoms with E-state index >= 15 is 0 Å². The maximum Gasteiger partial charge on any atom is 0.162 e. The SMILES string of the molecule is CCOC1(c2nc(NC)cc(C(C)C)n2)CCCCC1. The van der Waals surface area contributed by atoms with E-state index in [1.165, 1.54) is 19.3 Å². The molecule has 112 valence electrons. The minimum Gasteiger partial charge on any atom is -0.373 e. The number of aromatic nitrogens is 2. The summed E-state index contributed by atoms with van der Waals surface area (Å²) in [4.78, 5) is 9.52. The zero-order valence-corrected chi connectivity index (χ0v) is 13.2. The Morgan fingerprint density at radius 1 is 1.25 bits per heavy atom. The predicted octanol–water partition coefficient (Wildman–Crippen LogP) is 3.84. The van der Waals surface area contributed by atoms with Crippen LogP contribution in [0.15, 0.2) is 6.07 Å². The lowest BCUT2D eigenvalue weighted by Gasteiger charge is -2.36. The Morgan fingerprint density at radius 2 is 1.95 bits per heavy atom. The first kappa shape index (κ1) is 15.2. The third-order valence-electron chi connectivity index (χ3n) is 4.08. The van der Waals surface area contributed by atoms with Gasteiger partial charge in [-0.2, -0.15) is 0 Å². The molecule has 1 heterocycles. The van der Waals surface area contributed by atoms with Gasteiger partial charge in [-0.05, 0) is 25.7 Å². The van der Waals surface area contributed by atoms with Crippen LogP contribution >= 0.6 is 0 Å². The summed E-state index contributed by atoms with van der Waals surface area (Å²) in [6.45, 7) is 7.10. The van der Waals surface area contributed by atoms with Gasteiger partial charge in [0, 0.05) is 25.4 Å². The number of nitrogens with one attached hydrogen (secondary N) is 1. The lowest BCUT2D eigenvalue weighted by atomic mass is 9.83. The van der Waals surface area contributed by atoms with Gasteiger partial charge in [0.15, 0.2) is 5.82 Å². The van der Waals surface area contributed by atoms with Crippen LogP contribution in [0.1, 0.15) is 70.3 Å². The Kier molecular flexibility index (Phi) is 4.97. The monoisotopic (exact) mass is 277 g/mol. The van der Waals surface area contributed by atoms with Crippen LogP contribution in [-0.4, -0.2) is 23.6 Å². The van der Waals surface area contributed by atoms with Gasteiger partial charge >= 0.3 is 0 Å². The molecule has 0 aliphatic heterocycles. The van der Waals surface area contributed by atoms with E-state index in [0.29, 0.717) is 12.5 Å². The third kappa shape index (κ3) is 3.11. The van der Waals surface area contributed by atoms with Gasteiger partial charge in [0.2, 0.25) is 0 Å². The number of anilines is 1. The third-order valence-corrected chi connectivity index (χ3v) is 4.08. The van der Waals surface area contributed by atoms with Gasteiger partial charge in [0.05, 0.1) is 0 Å². The van der Waals surface area contributed by atoms with Crippen molar-refractivity contribution in [1.29, 1.82) is 0 Å². The van der Waals surface area contributed by atoms with Gasteiger partial charge < -0.3 is 10.1 Å². The maximum absolute atomic E-state index is 6.14. The van der Waals surface area contributed by atoms with Crippen LogP contribution in [0.3, 0.4) is 0 Å². The van der Waals surface area contributed by atoms with Crippen LogP contribution in [0.4, 0.5) is 5.82 Å². The molecule has 0 amide bonds. The molecule has 0 unspecified atom stereocenters. The summed E-state index contributed by atoms with van der Waals surface area (Å²) in [7, 11) is 1.91. The molecule has 1 fully saturated rings. The van der Waals surface area contributed by atoms with Gasteiger partial charge in [-0.15, -0.1) is 0 Å². The number of hydrogen-bond donors (Lipinski definition) is 1. The number of nitrogens with zero attached hydrogens (tertiary/aromatic N) is 2. The molecule has 4 heteroatoms. The molecule has 4 nitrogen and oxygen atoms in total. The lowest BCUT2D eigenvalue weighted by Crippen LogP contribution is -2.35. The van der Waals surface area contributed by atoms with Gasteiger partial charge in [0.25, 0.3) is 0 Å². The van der Waals surface area contributed by atoms with Crippen molar-refractivity contribution in [2.24, 2.45) is 0 Å². The zero-order chi connectivity index (χ0) is 14.6. The highest BCUT2D eigenvalue weighted by molar-refractivity contribution is 5.37. The van der Waals surface area contributed by atoms with E-state index in [1.807, 2.05) is 13.1 Å². The highest BCUT2D eigenvalue weighted by Gasteiger charge is 2.38. The number of ether oxygens (including phenoxy) is 1. The summed E-state index contributed by atoms with van der Waals surface area (Å²) in [6.07, 6.45) is 5.75. The molecule has 0 aromatic carbocycles. The number of hydrogen-bond acceptors (Lipinski definition) is 4. The first-order chi connectivity index (χ1) is 9.61. The molecule has 0 spiro atoms. The minimum absolute atomic E-state index is 0.274. The maximum atomic E-state index is 6.14. The van der Waals surface area contributed by atoms with E-state index in [-0.39, 0.29) is 5.60 Å². The summed E-state index contributed by atoms with van der Waals surface area (Å²) < 4.78 is 6.14. The molecular weight excluding hydrogens is 250 g/mol. The lowest BCUT2D eigenvalue weighted by molar-refractivity contribution is -0.0767. The van der Waals surface area contributed by atoms with E-state index < -0.39 is 0 Å². The van der Waals surface area contributed by atoms with Crippen molar-refractivity contribution in [2.75, 3.05) is 19.0 Å². The topological polar surface area (TPSA) is 47.0 Å². The van der Waals surface area contributed by atoms with Crippen LogP contribution in [0.5, 0.6) is 0 Å². The molecule has 1 aliphatic rings. The van der Waals surface area contributed by atoms with Crippen molar-refractivity contribution in [3.05, 3.63) is 17.6 Å². The van der Waals surface area contributed by atoms with E-state index in [4.69, 9.17) is 14.7 Å². The van der Waals surface area contributed by atoms with E-state index in [1.54, 1.807) is 0 Å². The zero-order valence-electron chi connectivity index (χ0n) is 13.2. The minimum atomic E-state index is -0.274. The van der Waals surface area contributed by atoms with Crippen molar-refractivity contribution in [1.82, 2.24) is 9.97 Å². The highest BCUT2D eigenvalue weighted by Crippen LogP contribution is 2.39. The van der Waals surface area contributed by atoms with Gasteiger partial charge in [-0.1, -0.05) is 33.1 Å². The molecule has 1 aromatic rings. The van der Waals surface area contributed by atoms with Crippen molar-refractivity contribution >= 4 is 5.82 Å². The second-order valence-corrected chi connectivity index (χ2v) is 5.89. The first-order valence-electron chi connectivity index (χ1n) is 7.82. The second-order valence-electron chi connectivity index (χ2n) is 5.89. The Hall–Kier alpha value is -1.16. The van der Waals surface area contributed by atoms with E-state index in [2.05, 4.69) is 26.1 Å². The summed E-state index contributed by atoms with van der Waals surface area (Å²) >= 11 is 0. The average Bonchev–Trinajstić information content (AvgIpc) is 2.48. The second kappa shape index (κ2) is 6.53. The van der Waals surface area contributed by atoms with Crippen LogP contribution in [-0.2, 0) is 10.3 Å². The van der Waals surface area contributed by atoms with E-state index in [9.17, 15) is 0 Å². The Balaban J connectivity index is 2.43. The molecule has 1 aromatic heterocycles. The smallest absolute Gasteiger partial charge is 0.162 e. The van der Waals surface area contributed by atoms with Crippen molar-refractivity contribution < 1.29 is 4.74 Å². The van der Waals surface area contributed by atoms with Crippen molar-refractivity contribution in [3.63, 3.8) is 0 Å². The fourth-order valence-electron chi connectivity index (χ4n) is 2.93. The molecule has 1 aliphatic carbocycles. The molecular formula is C16H27N3O. The summed E-state index contributed by atoms with van der Waals surface area (Å²) in [6, 6.07) is 2.04. The van der Waals surface area contributed by atoms with Gasteiger partial charge in [-0.3, -0.25) is 0 Å². The van der Waals surface area contributed by atoms with Gasteiger partial charge in [0.1, 0.15) is 11.4 Å². The molecule has 20 heavy (non-hydrogen) atoms.